The van der Waals surface area contributed by atoms with Gasteiger partial charge in [0.15, 0.2) is 0 Å². The quantitative estimate of drug-likeness (QED) is 0.300. The van der Waals surface area contributed by atoms with Gasteiger partial charge in [0.1, 0.15) is 32.8 Å². The zero-order valence-corrected chi connectivity index (χ0v) is 25.7. The Kier molecular flexibility index (Phi) is 9.42. The van der Waals surface area contributed by atoms with Crippen molar-refractivity contribution in [1.82, 2.24) is 4.90 Å². The number of allylic oxidation sites excluding steroid dienone is 2. The topological polar surface area (TPSA) is 80.8 Å². The third-order valence-electron chi connectivity index (χ3n) is 8.67. The van der Waals surface area contributed by atoms with Crippen LogP contribution in [0.5, 0.6) is 11.5 Å². The first-order valence-electron chi connectivity index (χ1n) is 14.5. The Hall–Kier alpha value is -3.00. The van der Waals surface area contributed by atoms with E-state index in [-0.39, 0.29) is 42.1 Å². The maximum atomic E-state index is 15.2. The van der Waals surface area contributed by atoms with E-state index in [1.54, 1.807) is 26.0 Å². The number of alkyl halides is 1. The lowest BCUT2D eigenvalue weighted by atomic mass is 9.87. The number of aryl methyl sites for hydroxylation is 1. The molecule has 0 saturated carbocycles. The molecule has 2 unspecified atom stereocenters. The van der Waals surface area contributed by atoms with Crippen LogP contribution >= 0.6 is 0 Å². The van der Waals surface area contributed by atoms with E-state index in [0.29, 0.717) is 30.8 Å². The molecule has 4 rings (SSSR count). The van der Waals surface area contributed by atoms with Gasteiger partial charge in [-0.05, 0) is 73.4 Å². The molecule has 0 radical (unpaired) electrons. The first-order chi connectivity index (χ1) is 19.2. The van der Waals surface area contributed by atoms with Crippen LogP contribution < -0.4 is 4.74 Å². The molecule has 1 amide bonds. The highest BCUT2D eigenvalue weighted by molar-refractivity contribution is 7.90. The molecule has 0 aromatic heterocycles. The molecule has 41 heavy (non-hydrogen) atoms. The molecule has 1 saturated heterocycles. The van der Waals surface area contributed by atoms with Crippen molar-refractivity contribution in [2.45, 2.75) is 77.8 Å². The molecular formula is C33H42FNO5S. The van der Waals surface area contributed by atoms with Gasteiger partial charge in [-0.25, -0.2) is 12.8 Å². The second kappa shape index (κ2) is 12.5. The number of carbonyl (C=O) groups is 2. The van der Waals surface area contributed by atoms with Crippen LogP contribution in [-0.2, 0) is 37.9 Å². The predicted octanol–water partition coefficient (Wildman–Crippen LogP) is 6.46. The molecule has 222 valence electrons. The number of rotatable bonds is 10. The van der Waals surface area contributed by atoms with E-state index in [1.807, 2.05) is 36.9 Å². The van der Waals surface area contributed by atoms with Crippen molar-refractivity contribution in [3.8, 4) is 11.5 Å². The zero-order chi connectivity index (χ0) is 29.9. The lowest BCUT2D eigenvalue weighted by Gasteiger charge is -2.25. The van der Waals surface area contributed by atoms with Gasteiger partial charge in [-0.3, -0.25) is 9.59 Å². The summed E-state index contributed by atoms with van der Waals surface area (Å²) in [6.45, 7) is 8.24. The number of Topliss-reactive ketones (excluding diaryl/α,β-unsaturated/α-hetero) is 1. The minimum Gasteiger partial charge on any atom is -0.457 e. The van der Waals surface area contributed by atoms with Crippen molar-refractivity contribution in [2.75, 3.05) is 25.1 Å². The number of ketones is 1. The third-order valence-corrected chi connectivity index (χ3v) is 9.62. The van der Waals surface area contributed by atoms with Crippen LogP contribution in [0.2, 0.25) is 0 Å². The lowest BCUT2D eigenvalue weighted by molar-refractivity contribution is -0.127. The fourth-order valence-corrected chi connectivity index (χ4v) is 6.33. The zero-order valence-electron chi connectivity index (χ0n) is 24.8. The summed E-state index contributed by atoms with van der Waals surface area (Å²) in [5.74, 6) is 1.19. The first kappa shape index (κ1) is 30.9. The molecule has 1 heterocycles. The van der Waals surface area contributed by atoms with E-state index in [1.165, 1.54) is 11.1 Å². The van der Waals surface area contributed by atoms with Gasteiger partial charge in [0.05, 0.1) is 5.75 Å². The van der Waals surface area contributed by atoms with Crippen molar-refractivity contribution in [2.24, 2.45) is 5.92 Å². The summed E-state index contributed by atoms with van der Waals surface area (Å²) in [7, 11) is -3.18. The highest BCUT2D eigenvalue weighted by Gasteiger charge is 2.32. The fraction of sp³-hybridized carbons (Fsp3) is 0.515. The molecular weight excluding hydrogens is 541 g/mol. The Morgan fingerprint density at radius 1 is 1.12 bits per heavy atom. The minimum absolute atomic E-state index is 0.0346. The van der Waals surface area contributed by atoms with Crippen molar-refractivity contribution >= 4 is 21.5 Å². The summed E-state index contributed by atoms with van der Waals surface area (Å²) < 4.78 is 44.6. The number of sulfone groups is 1. The van der Waals surface area contributed by atoms with Gasteiger partial charge in [0, 0.05) is 50.6 Å². The van der Waals surface area contributed by atoms with Crippen LogP contribution in [0.1, 0.15) is 81.5 Å². The largest absolute Gasteiger partial charge is 0.457 e. The second-order valence-corrected chi connectivity index (χ2v) is 14.3. The number of hydrogen-bond donors (Lipinski definition) is 0. The molecule has 1 fully saturated rings. The van der Waals surface area contributed by atoms with Crippen LogP contribution in [-0.4, -0.2) is 50.1 Å². The van der Waals surface area contributed by atoms with E-state index in [0.717, 1.165) is 42.4 Å². The van der Waals surface area contributed by atoms with Crippen molar-refractivity contribution < 1.29 is 27.1 Å². The molecule has 0 bridgehead atoms. The normalized spacial score (nSPS) is 18.9. The monoisotopic (exact) mass is 583 g/mol. The molecule has 6 nitrogen and oxygen atoms in total. The Bertz CT molecular complexity index is 1430. The molecule has 2 aromatic rings. The number of halogens is 1. The van der Waals surface area contributed by atoms with Crippen molar-refractivity contribution in [1.29, 1.82) is 0 Å². The summed E-state index contributed by atoms with van der Waals surface area (Å²) in [4.78, 5) is 26.5. The number of likely N-dealkylation sites (tertiary alicyclic amines) is 1. The number of hydrogen-bond acceptors (Lipinski definition) is 5. The number of carbonyl (C=O) groups excluding carboxylic acids is 2. The van der Waals surface area contributed by atoms with E-state index < -0.39 is 15.5 Å². The van der Waals surface area contributed by atoms with Crippen LogP contribution in [0.3, 0.4) is 0 Å². The number of fused-ring (bicyclic) bond motifs is 1. The average Bonchev–Trinajstić information content (AvgIpc) is 3.31. The molecule has 0 N–H and O–H groups in total. The van der Waals surface area contributed by atoms with Gasteiger partial charge in [0.25, 0.3) is 0 Å². The minimum atomic E-state index is -3.18. The van der Waals surface area contributed by atoms with Crippen LogP contribution in [0.4, 0.5) is 4.39 Å². The van der Waals surface area contributed by atoms with Crippen LogP contribution in [0, 0.1) is 5.92 Å². The standard InChI is InChI=1S/C33H42FNO5S/c1-22(2)33(4,34)27-10-12-29(13-11-27)40-31-15-9-25-8-6-24(20-28(37)17-19-41(5,38)39)7-14-30(25)32(31)26-16-18-35(21-26)23(3)36/h7,9-13,15,22,26H,6,8,14,16-21H2,1-5H3. The van der Waals surface area contributed by atoms with Gasteiger partial charge in [-0.2, -0.15) is 0 Å². The van der Waals surface area contributed by atoms with E-state index in [2.05, 4.69) is 12.1 Å². The molecule has 2 aliphatic rings. The van der Waals surface area contributed by atoms with E-state index in [4.69, 9.17) is 4.74 Å². The van der Waals surface area contributed by atoms with Crippen molar-refractivity contribution in [3.05, 3.63) is 70.3 Å². The smallest absolute Gasteiger partial charge is 0.219 e. The highest BCUT2D eigenvalue weighted by Crippen LogP contribution is 2.42. The summed E-state index contributed by atoms with van der Waals surface area (Å²) in [5, 5.41) is 0. The number of nitrogens with zero attached hydrogens (tertiary/aromatic N) is 1. The predicted molar refractivity (Wildman–Crippen MR) is 160 cm³/mol. The Labute approximate surface area is 243 Å². The van der Waals surface area contributed by atoms with Crippen LogP contribution in [0.25, 0.3) is 0 Å². The number of amides is 1. The van der Waals surface area contributed by atoms with Gasteiger partial charge >= 0.3 is 0 Å². The number of benzene rings is 2. The molecule has 2 aromatic carbocycles. The maximum absolute atomic E-state index is 15.2. The van der Waals surface area contributed by atoms with Crippen LogP contribution in [0.15, 0.2) is 48.0 Å². The Morgan fingerprint density at radius 3 is 2.44 bits per heavy atom. The van der Waals surface area contributed by atoms with E-state index in [9.17, 15) is 18.0 Å². The van der Waals surface area contributed by atoms with Gasteiger partial charge < -0.3 is 9.64 Å². The van der Waals surface area contributed by atoms with Gasteiger partial charge in [0.2, 0.25) is 5.91 Å². The third kappa shape index (κ3) is 7.64. The van der Waals surface area contributed by atoms with Gasteiger partial charge in [-0.1, -0.05) is 43.7 Å². The summed E-state index contributed by atoms with van der Waals surface area (Å²) in [6, 6.07) is 11.2. The Morgan fingerprint density at radius 2 is 1.83 bits per heavy atom. The van der Waals surface area contributed by atoms with Crippen molar-refractivity contribution in [3.63, 3.8) is 0 Å². The van der Waals surface area contributed by atoms with E-state index >= 15 is 4.39 Å². The fourth-order valence-electron chi connectivity index (χ4n) is 5.74. The van der Waals surface area contributed by atoms with Gasteiger partial charge in [-0.15, -0.1) is 0 Å². The Balaban J connectivity index is 1.62. The second-order valence-electron chi connectivity index (χ2n) is 12.1. The summed E-state index contributed by atoms with van der Waals surface area (Å²) in [5.41, 5.74) is 3.66. The molecule has 8 heteroatoms. The first-order valence-corrected chi connectivity index (χ1v) is 16.6. The average molecular weight is 584 g/mol. The summed E-state index contributed by atoms with van der Waals surface area (Å²) >= 11 is 0. The number of ether oxygens (including phenoxy) is 1. The SMILES string of the molecule is CC(=O)N1CCC(c2c(Oc3ccc(C(C)(F)C(C)C)cc3)ccc3c2CC=C(CC(=O)CCS(C)(=O)=O)CC3)C1. The molecule has 2 atom stereocenters. The molecule has 1 aliphatic heterocycles. The highest BCUT2D eigenvalue weighted by atomic mass is 32.2. The summed E-state index contributed by atoms with van der Waals surface area (Å²) in [6.07, 6.45) is 6.54. The molecule has 0 spiro atoms. The molecule has 1 aliphatic carbocycles. The lowest BCUT2D eigenvalue weighted by Crippen LogP contribution is -2.25. The maximum Gasteiger partial charge on any atom is 0.219 e.